The average Bonchev–Trinajstić information content (AvgIpc) is 3.20. The number of fused-ring (bicyclic) bond motifs is 1. The van der Waals surface area contributed by atoms with Crippen molar-refractivity contribution in [3.8, 4) is 0 Å². The molecular formula is C24H26F2N2OS2. The highest BCUT2D eigenvalue weighted by atomic mass is 32.2. The zero-order valence-corrected chi connectivity index (χ0v) is 19.2. The molecule has 0 bridgehead atoms. The number of hydrogen-bond donors (Lipinski definition) is 0. The number of amides is 1. The second-order valence-corrected chi connectivity index (χ2v) is 10.5. The fourth-order valence-electron chi connectivity index (χ4n) is 3.89. The number of benzene rings is 2. The number of carbonyl (C=O) groups is 1. The van der Waals surface area contributed by atoms with E-state index in [0.29, 0.717) is 24.9 Å². The molecular weight excluding hydrogens is 434 g/mol. The number of alkyl halides is 2. The summed E-state index contributed by atoms with van der Waals surface area (Å²) >= 11 is 3.40. The largest absolute Gasteiger partial charge is 0.342 e. The first-order valence-corrected chi connectivity index (χ1v) is 12.4. The summed E-state index contributed by atoms with van der Waals surface area (Å²) in [6.07, 6.45) is 1.85. The second-order valence-electron chi connectivity index (χ2n) is 8.25. The summed E-state index contributed by atoms with van der Waals surface area (Å²) in [7, 11) is 1.79. The Morgan fingerprint density at radius 1 is 1.16 bits per heavy atom. The van der Waals surface area contributed by atoms with E-state index in [2.05, 4.69) is 11.1 Å². The highest BCUT2D eigenvalue weighted by Crippen LogP contribution is 2.37. The Bertz CT molecular complexity index is 992. The molecule has 0 saturated heterocycles. The van der Waals surface area contributed by atoms with Crippen LogP contribution in [0.4, 0.5) is 8.78 Å². The van der Waals surface area contributed by atoms with Crippen LogP contribution in [0.25, 0.3) is 10.2 Å². The van der Waals surface area contributed by atoms with Crippen LogP contribution in [0, 0.1) is 5.92 Å². The zero-order chi connectivity index (χ0) is 21.8. The number of carbonyl (C=O) groups excluding carboxylic acids is 1. The van der Waals surface area contributed by atoms with Gasteiger partial charge in [-0.1, -0.05) is 36.0 Å². The molecule has 2 aromatic carbocycles. The van der Waals surface area contributed by atoms with Gasteiger partial charge in [0.1, 0.15) is 0 Å². The molecule has 3 nitrogen and oxygen atoms in total. The summed E-state index contributed by atoms with van der Waals surface area (Å²) in [5, 5.41) is 0. The van der Waals surface area contributed by atoms with Gasteiger partial charge in [0.25, 0.3) is 5.91 Å². The molecule has 0 unspecified atom stereocenters. The van der Waals surface area contributed by atoms with Gasteiger partial charge < -0.3 is 4.90 Å². The molecule has 1 aromatic heterocycles. The van der Waals surface area contributed by atoms with E-state index in [1.165, 1.54) is 4.70 Å². The van der Waals surface area contributed by atoms with E-state index in [1.807, 2.05) is 42.5 Å². The van der Waals surface area contributed by atoms with E-state index in [4.69, 9.17) is 0 Å². The van der Waals surface area contributed by atoms with Crippen LogP contribution >= 0.6 is 23.1 Å². The molecule has 1 saturated carbocycles. The van der Waals surface area contributed by atoms with Crippen LogP contribution in [0.3, 0.4) is 0 Å². The fourth-order valence-corrected chi connectivity index (χ4v) is 5.91. The summed E-state index contributed by atoms with van der Waals surface area (Å²) in [4.78, 5) is 19.1. The summed E-state index contributed by atoms with van der Waals surface area (Å²) < 4.78 is 28.8. The molecule has 0 N–H and O–H groups in total. The van der Waals surface area contributed by atoms with Crippen LogP contribution in [-0.4, -0.2) is 35.3 Å². The van der Waals surface area contributed by atoms with Crippen molar-refractivity contribution in [1.82, 2.24) is 9.88 Å². The van der Waals surface area contributed by atoms with Crippen molar-refractivity contribution in [3.05, 3.63) is 59.7 Å². The predicted octanol–water partition coefficient (Wildman–Crippen LogP) is 6.88. The van der Waals surface area contributed by atoms with Gasteiger partial charge in [-0.2, -0.15) is 0 Å². The summed E-state index contributed by atoms with van der Waals surface area (Å²) in [5.74, 6) is -1.43. The normalized spacial score (nSPS) is 16.5. The molecule has 1 aliphatic rings. The molecule has 4 rings (SSSR count). The Morgan fingerprint density at radius 3 is 2.58 bits per heavy atom. The summed E-state index contributed by atoms with van der Waals surface area (Å²) in [6, 6.07) is 15.8. The van der Waals surface area contributed by atoms with Crippen LogP contribution in [0.1, 0.15) is 48.0 Å². The molecule has 1 aliphatic carbocycles. The van der Waals surface area contributed by atoms with E-state index in [9.17, 15) is 13.6 Å². The molecule has 1 fully saturated rings. The molecule has 1 amide bonds. The smallest absolute Gasteiger partial charge is 0.253 e. The third kappa shape index (κ3) is 5.83. The average molecular weight is 461 g/mol. The third-order valence-corrected chi connectivity index (χ3v) is 8.14. The topological polar surface area (TPSA) is 33.2 Å². The van der Waals surface area contributed by atoms with Crippen molar-refractivity contribution in [2.24, 2.45) is 5.92 Å². The van der Waals surface area contributed by atoms with Crippen LogP contribution in [0.5, 0.6) is 0 Å². The first kappa shape index (κ1) is 22.2. The molecule has 3 aromatic rings. The number of rotatable bonds is 7. The molecule has 0 atom stereocenters. The molecule has 0 spiro atoms. The standard InChI is InChI=1S/C24H26F2N2OS2/c1-28(15-12-17-10-13-24(25,26)14-11-17)22(29)19-8-6-18(7-9-19)16-30-23-27-20-4-2-3-5-21(20)31-23/h2-9,17H,10-16H2,1H3. The molecule has 7 heteroatoms. The van der Waals surface area contributed by atoms with E-state index in [-0.39, 0.29) is 24.7 Å². The van der Waals surface area contributed by atoms with Crippen LogP contribution in [0.15, 0.2) is 52.9 Å². The van der Waals surface area contributed by atoms with Crippen molar-refractivity contribution in [1.29, 1.82) is 0 Å². The Morgan fingerprint density at radius 2 is 1.87 bits per heavy atom. The van der Waals surface area contributed by atoms with Crippen LogP contribution in [-0.2, 0) is 5.75 Å². The molecule has 31 heavy (non-hydrogen) atoms. The van der Waals surface area contributed by atoms with Crippen LogP contribution in [0.2, 0.25) is 0 Å². The van der Waals surface area contributed by atoms with Crippen molar-refractivity contribution in [3.63, 3.8) is 0 Å². The van der Waals surface area contributed by atoms with E-state index < -0.39 is 5.92 Å². The van der Waals surface area contributed by atoms with Gasteiger partial charge in [0.05, 0.1) is 10.2 Å². The van der Waals surface area contributed by atoms with Gasteiger partial charge in [0.2, 0.25) is 5.92 Å². The lowest BCUT2D eigenvalue weighted by Crippen LogP contribution is -2.31. The lowest BCUT2D eigenvalue weighted by atomic mass is 9.85. The van der Waals surface area contributed by atoms with Gasteiger partial charge >= 0.3 is 0 Å². The molecule has 0 radical (unpaired) electrons. The number of halogens is 2. The molecule has 164 valence electrons. The quantitative estimate of drug-likeness (QED) is 0.361. The van der Waals surface area contributed by atoms with Crippen molar-refractivity contribution in [2.75, 3.05) is 13.6 Å². The lowest BCUT2D eigenvalue weighted by molar-refractivity contribution is -0.0469. The maximum absolute atomic E-state index is 13.3. The highest BCUT2D eigenvalue weighted by Gasteiger charge is 2.34. The van der Waals surface area contributed by atoms with Gasteiger partial charge in [-0.05, 0) is 55.0 Å². The van der Waals surface area contributed by atoms with Gasteiger partial charge in [0.15, 0.2) is 4.34 Å². The molecule has 0 aliphatic heterocycles. The Labute approximate surface area is 189 Å². The minimum Gasteiger partial charge on any atom is -0.342 e. The Kier molecular flexibility index (Phi) is 6.92. The van der Waals surface area contributed by atoms with E-state index >= 15 is 0 Å². The van der Waals surface area contributed by atoms with Gasteiger partial charge in [-0.3, -0.25) is 4.79 Å². The highest BCUT2D eigenvalue weighted by molar-refractivity contribution is 8.00. The van der Waals surface area contributed by atoms with Crippen LogP contribution < -0.4 is 0 Å². The van der Waals surface area contributed by atoms with E-state index in [0.717, 1.165) is 27.6 Å². The summed E-state index contributed by atoms with van der Waals surface area (Å²) in [6.45, 7) is 0.601. The van der Waals surface area contributed by atoms with Crippen molar-refractivity contribution >= 4 is 39.2 Å². The number of thioether (sulfide) groups is 1. The predicted molar refractivity (Wildman–Crippen MR) is 124 cm³/mol. The first-order valence-electron chi connectivity index (χ1n) is 10.6. The monoisotopic (exact) mass is 460 g/mol. The minimum atomic E-state index is -2.49. The number of hydrogen-bond acceptors (Lipinski definition) is 4. The SMILES string of the molecule is CN(CCC1CCC(F)(F)CC1)C(=O)c1ccc(CSc2nc3ccccc3s2)cc1. The number of aromatic nitrogens is 1. The Balaban J connectivity index is 1.26. The number of thiazole rings is 1. The Hall–Kier alpha value is -1.99. The second kappa shape index (κ2) is 9.65. The summed E-state index contributed by atoms with van der Waals surface area (Å²) in [5.41, 5.74) is 2.83. The fraction of sp³-hybridized carbons (Fsp3) is 0.417. The number of nitrogens with zero attached hydrogens (tertiary/aromatic N) is 2. The maximum Gasteiger partial charge on any atom is 0.253 e. The molecule has 1 heterocycles. The van der Waals surface area contributed by atoms with Gasteiger partial charge in [-0.15, -0.1) is 11.3 Å². The van der Waals surface area contributed by atoms with E-state index in [1.54, 1.807) is 35.0 Å². The lowest BCUT2D eigenvalue weighted by Gasteiger charge is -2.29. The van der Waals surface area contributed by atoms with Crippen molar-refractivity contribution in [2.45, 2.75) is 48.1 Å². The number of para-hydroxylation sites is 1. The maximum atomic E-state index is 13.3. The van der Waals surface area contributed by atoms with Crippen molar-refractivity contribution < 1.29 is 13.6 Å². The first-order chi connectivity index (χ1) is 14.9. The third-order valence-electron chi connectivity index (χ3n) is 5.89. The zero-order valence-electron chi connectivity index (χ0n) is 17.5. The van der Waals surface area contributed by atoms with Gasteiger partial charge in [-0.25, -0.2) is 13.8 Å². The van der Waals surface area contributed by atoms with Gasteiger partial charge in [0, 0.05) is 37.8 Å². The minimum absolute atomic E-state index is 0.0217.